The van der Waals surface area contributed by atoms with Crippen molar-refractivity contribution in [3.8, 4) is 6.07 Å². The van der Waals surface area contributed by atoms with Gasteiger partial charge in [-0.3, -0.25) is 0 Å². The molecule has 1 N–H and O–H groups in total. The molecule has 2 aliphatic rings. The summed E-state index contributed by atoms with van der Waals surface area (Å²) < 4.78 is 0. The lowest BCUT2D eigenvalue weighted by Crippen LogP contribution is -2.53. The van der Waals surface area contributed by atoms with Crippen molar-refractivity contribution in [2.75, 3.05) is 0 Å². The zero-order valence-corrected chi connectivity index (χ0v) is 13.1. The van der Waals surface area contributed by atoms with Crippen LogP contribution >= 0.6 is 0 Å². The second-order valence-electron chi connectivity index (χ2n) is 8.55. The molecule has 0 aromatic heterocycles. The largest absolute Gasteiger partial charge is 0.388 e. The van der Waals surface area contributed by atoms with E-state index < -0.39 is 11.0 Å². The Morgan fingerprint density at radius 1 is 0.737 bits per heavy atom. The second-order valence-corrected chi connectivity index (χ2v) is 8.55. The van der Waals surface area contributed by atoms with Crippen LogP contribution < -0.4 is 0 Å². The molecule has 0 atom stereocenters. The van der Waals surface area contributed by atoms with E-state index in [9.17, 15) is 10.4 Å². The Kier molecular flexibility index (Phi) is 3.51. The fourth-order valence-corrected chi connectivity index (χ4v) is 3.85. The number of hydrogen-bond acceptors (Lipinski definition) is 2. The van der Waals surface area contributed by atoms with Crippen molar-refractivity contribution in [2.45, 2.75) is 84.7 Å². The molecule has 2 fully saturated rings. The van der Waals surface area contributed by atoms with Gasteiger partial charge < -0.3 is 5.11 Å². The van der Waals surface area contributed by atoms with Gasteiger partial charge in [-0.2, -0.15) is 5.26 Å². The average molecular weight is 263 g/mol. The third-order valence-electron chi connectivity index (χ3n) is 5.99. The molecule has 108 valence electrons. The van der Waals surface area contributed by atoms with E-state index in [0.717, 1.165) is 51.4 Å². The fraction of sp³-hybridized carbons (Fsp3) is 0.941. The molecule has 2 heteroatoms. The highest BCUT2D eigenvalue weighted by atomic mass is 16.3. The maximum Gasteiger partial charge on any atom is 0.0860 e. The van der Waals surface area contributed by atoms with Crippen molar-refractivity contribution in [3.05, 3.63) is 0 Å². The van der Waals surface area contributed by atoms with Gasteiger partial charge in [0.05, 0.1) is 17.1 Å². The molecule has 2 rings (SSSR count). The first kappa shape index (κ1) is 14.9. The van der Waals surface area contributed by atoms with Crippen LogP contribution in [0.4, 0.5) is 0 Å². The number of nitriles is 1. The number of nitrogens with zero attached hydrogens (tertiary/aromatic N) is 1. The van der Waals surface area contributed by atoms with Crippen LogP contribution in [0.25, 0.3) is 0 Å². The maximum atomic E-state index is 11.1. The van der Waals surface area contributed by atoms with Crippen LogP contribution in [0.1, 0.15) is 79.1 Å². The minimum absolute atomic E-state index is 0.330. The lowest BCUT2D eigenvalue weighted by molar-refractivity contribution is -0.122. The van der Waals surface area contributed by atoms with Gasteiger partial charge in [-0.05, 0) is 62.2 Å². The lowest BCUT2D eigenvalue weighted by atomic mass is 9.54. The smallest absolute Gasteiger partial charge is 0.0860 e. The molecule has 0 aromatic carbocycles. The van der Waals surface area contributed by atoms with Crippen LogP contribution in [0, 0.1) is 27.6 Å². The third kappa shape index (κ3) is 2.68. The van der Waals surface area contributed by atoms with Crippen LogP contribution in [0.15, 0.2) is 0 Å². The number of aliphatic hydroxyl groups is 1. The van der Waals surface area contributed by atoms with E-state index in [1.807, 2.05) is 0 Å². The molecular formula is C17H29NO. The summed E-state index contributed by atoms with van der Waals surface area (Å²) in [6, 6.07) is 2.54. The standard InChI is InChI=1S/C17H29NO/c1-14(2)5-9-16(13-18,10-6-14)17(19)11-7-15(3,4)8-12-17/h19H,5-12H2,1-4H3. The van der Waals surface area contributed by atoms with Gasteiger partial charge in [0.15, 0.2) is 0 Å². The maximum absolute atomic E-state index is 11.1. The number of rotatable bonds is 1. The first-order valence-corrected chi connectivity index (χ1v) is 7.78. The molecule has 0 spiro atoms. The molecule has 2 aliphatic carbocycles. The normalized spacial score (nSPS) is 31.4. The Morgan fingerprint density at radius 2 is 1.11 bits per heavy atom. The van der Waals surface area contributed by atoms with Crippen LogP contribution in [0.3, 0.4) is 0 Å². The van der Waals surface area contributed by atoms with Crippen molar-refractivity contribution in [2.24, 2.45) is 16.2 Å². The highest BCUT2D eigenvalue weighted by molar-refractivity contribution is 5.15. The minimum atomic E-state index is -0.742. The van der Waals surface area contributed by atoms with Crippen molar-refractivity contribution in [1.82, 2.24) is 0 Å². The Balaban J connectivity index is 2.17. The van der Waals surface area contributed by atoms with Gasteiger partial charge in [-0.15, -0.1) is 0 Å². The summed E-state index contributed by atoms with van der Waals surface area (Å²) in [5.41, 5.74) is -0.561. The molecule has 0 aromatic rings. The van der Waals surface area contributed by atoms with Gasteiger partial charge in [0.25, 0.3) is 0 Å². The Hall–Kier alpha value is -0.550. The minimum Gasteiger partial charge on any atom is -0.388 e. The zero-order chi connectivity index (χ0) is 14.4. The van der Waals surface area contributed by atoms with E-state index in [0.29, 0.717) is 10.8 Å². The van der Waals surface area contributed by atoms with Crippen LogP contribution in [0.2, 0.25) is 0 Å². The summed E-state index contributed by atoms with van der Waals surface area (Å²) in [4.78, 5) is 0. The second kappa shape index (κ2) is 4.48. The van der Waals surface area contributed by atoms with Gasteiger partial charge in [-0.25, -0.2) is 0 Å². The number of hydrogen-bond donors (Lipinski definition) is 1. The molecule has 0 radical (unpaired) electrons. The van der Waals surface area contributed by atoms with Gasteiger partial charge in [0.1, 0.15) is 0 Å². The summed E-state index contributed by atoms with van der Waals surface area (Å²) in [5, 5.41) is 20.9. The summed E-state index contributed by atoms with van der Waals surface area (Å²) >= 11 is 0. The third-order valence-corrected chi connectivity index (χ3v) is 5.99. The zero-order valence-electron chi connectivity index (χ0n) is 13.1. The van der Waals surface area contributed by atoms with Crippen molar-refractivity contribution >= 4 is 0 Å². The predicted octanol–water partition coefficient (Wildman–Crippen LogP) is 4.43. The Morgan fingerprint density at radius 3 is 1.47 bits per heavy atom. The van der Waals surface area contributed by atoms with E-state index in [-0.39, 0.29) is 0 Å². The fourth-order valence-electron chi connectivity index (χ4n) is 3.85. The highest BCUT2D eigenvalue weighted by Gasteiger charge is 2.54. The van der Waals surface area contributed by atoms with Crippen LogP contribution in [0.5, 0.6) is 0 Å². The molecule has 19 heavy (non-hydrogen) atoms. The summed E-state index contributed by atoms with van der Waals surface area (Å²) in [6.45, 7) is 9.11. The van der Waals surface area contributed by atoms with E-state index >= 15 is 0 Å². The molecule has 0 aliphatic heterocycles. The van der Waals surface area contributed by atoms with Crippen LogP contribution in [-0.2, 0) is 0 Å². The van der Waals surface area contributed by atoms with Crippen molar-refractivity contribution in [1.29, 1.82) is 5.26 Å². The molecular weight excluding hydrogens is 234 g/mol. The molecule has 0 bridgehead atoms. The molecule has 2 saturated carbocycles. The predicted molar refractivity (Wildman–Crippen MR) is 77.5 cm³/mol. The first-order chi connectivity index (χ1) is 8.64. The monoisotopic (exact) mass is 263 g/mol. The molecule has 0 heterocycles. The lowest BCUT2D eigenvalue weighted by Gasteiger charge is -2.52. The van der Waals surface area contributed by atoms with Gasteiger partial charge in [0.2, 0.25) is 0 Å². The van der Waals surface area contributed by atoms with E-state index in [1.165, 1.54) is 0 Å². The Labute approximate surface area is 118 Å². The van der Waals surface area contributed by atoms with E-state index in [1.54, 1.807) is 0 Å². The van der Waals surface area contributed by atoms with Crippen molar-refractivity contribution < 1.29 is 5.11 Å². The summed E-state index contributed by atoms with van der Waals surface area (Å²) in [5.74, 6) is 0. The van der Waals surface area contributed by atoms with Gasteiger partial charge in [-0.1, -0.05) is 27.7 Å². The average Bonchev–Trinajstić information content (AvgIpc) is 2.34. The molecule has 2 nitrogen and oxygen atoms in total. The molecule has 0 saturated heterocycles. The highest BCUT2D eigenvalue weighted by Crippen LogP contribution is 2.56. The molecule has 0 amide bonds. The topological polar surface area (TPSA) is 44.0 Å². The first-order valence-electron chi connectivity index (χ1n) is 7.78. The van der Waals surface area contributed by atoms with E-state index in [2.05, 4.69) is 33.8 Å². The summed E-state index contributed by atoms with van der Waals surface area (Å²) in [7, 11) is 0. The quantitative estimate of drug-likeness (QED) is 0.760. The Bertz CT molecular complexity index is 369. The van der Waals surface area contributed by atoms with E-state index in [4.69, 9.17) is 0 Å². The van der Waals surface area contributed by atoms with Gasteiger partial charge >= 0.3 is 0 Å². The van der Waals surface area contributed by atoms with Crippen molar-refractivity contribution in [3.63, 3.8) is 0 Å². The van der Waals surface area contributed by atoms with Crippen LogP contribution in [-0.4, -0.2) is 10.7 Å². The SMILES string of the molecule is CC1(C)CCC(O)(C2(C#N)CCC(C)(C)CC2)CC1. The summed E-state index contributed by atoms with van der Waals surface area (Å²) in [6.07, 6.45) is 7.54. The molecule has 0 unspecified atom stereocenters. The van der Waals surface area contributed by atoms with Gasteiger partial charge in [0, 0.05) is 0 Å².